The molecule has 0 atom stereocenters. The van der Waals surface area contributed by atoms with Crippen LogP contribution in [0.15, 0.2) is 30.3 Å². The Hall–Kier alpha value is -1.82. The number of rotatable bonds is 1. The molecule has 0 bridgehead atoms. The zero-order chi connectivity index (χ0) is 16.2. The van der Waals surface area contributed by atoms with Gasteiger partial charge in [0.15, 0.2) is 11.6 Å². The summed E-state index contributed by atoms with van der Waals surface area (Å²) < 4.78 is 50.8. The number of quaternary nitrogens is 1. The number of para-hydroxylation sites is 1. The minimum atomic E-state index is -1.26. The smallest absolute Gasteiger partial charge is 0.161 e. The van der Waals surface area contributed by atoms with Gasteiger partial charge in [0.1, 0.15) is 17.3 Å². The highest BCUT2D eigenvalue weighted by atomic mass is 19.2. The average molecular weight is 315 g/mol. The van der Waals surface area contributed by atoms with Gasteiger partial charge >= 0.3 is 0 Å². The lowest BCUT2D eigenvalue weighted by molar-refractivity contribution is -0.786. The second kappa shape index (κ2) is 8.58. The standard InChI is InChI=1S/C8H11N.C7H6BF4.CH4/c1-9(2)8-6-4-3-5-7-8;1-2-4(9)6(11)3(8)7(12)5(2)10;/h3-7H,1-2H3;1,8H3;1H4/q;-1;/p+1. The molecule has 122 valence electrons. The van der Waals surface area contributed by atoms with E-state index in [-0.39, 0.29) is 12.9 Å². The molecular weight excluding hydrogens is 293 g/mol. The second-order valence-electron chi connectivity index (χ2n) is 4.37. The summed E-state index contributed by atoms with van der Waals surface area (Å²) in [5.41, 5.74) is 0.363. The Kier molecular flexibility index (Phi) is 7.88. The molecule has 0 unspecified atom stereocenters. The topological polar surface area (TPSA) is 4.44 Å². The largest absolute Gasteiger partial charge is 0.307 e. The van der Waals surface area contributed by atoms with Gasteiger partial charge in [0, 0.05) is 5.56 Å². The van der Waals surface area contributed by atoms with Crippen LogP contribution in [0.1, 0.15) is 13.0 Å². The van der Waals surface area contributed by atoms with Gasteiger partial charge in [-0.15, -0.1) is 5.46 Å². The van der Waals surface area contributed by atoms with E-state index in [9.17, 15) is 17.6 Å². The summed E-state index contributed by atoms with van der Waals surface area (Å²) in [7, 11) is 3.35. The van der Waals surface area contributed by atoms with Crippen molar-refractivity contribution in [2.45, 2.75) is 14.4 Å². The van der Waals surface area contributed by atoms with E-state index in [1.165, 1.54) is 10.6 Å². The van der Waals surface area contributed by atoms with Crippen LogP contribution in [-0.2, 0) is 0 Å². The maximum atomic E-state index is 12.7. The quantitative estimate of drug-likeness (QED) is 0.464. The van der Waals surface area contributed by atoms with Crippen LogP contribution in [0.4, 0.5) is 23.2 Å². The van der Waals surface area contributed by atoms with E-state index in [0.29, 0.717) is 0 Å². The van der Waals surface area contributed by atoms with E-state index in [0.717, 1.165) is 6.92 Å². The lowest BCUT2D eigenvalue weighted by Crippen LogP contribution is -3.00. The predicted octanol–water partition coefficient (Wildman–Crippen LogP) is 1.64. The van der Waals surface area contributed by atoms with Crippen molar-refractivity contribution in [1.82, 2.24) is 0 Å². The van der Waals surface area contributed by atoms with Crippen LogP contribution in [0.25, 0.3) is 0 Å². The molecule has 0 fully saturated rings. The molecule has 0 saturated carbocycles. The van der Waals surface area contributed by atoms with Gasteiger partial charge < -0.3 is 4.90 Å². The summed E-state index contributed by atoms with van der Waals surface area (Å²) in [6.07, 6.45) is 0. The SMILES string of the molecule is C.C[NH+](C)c1ccccc1.[BH3-]c1c(F)c(F)c(C)c(F)c1F. The Labute approximate surface area is 130 Å². The van der Waals surface area contributed by atoms with E-state index in [1.807, 2.05) is 6.07 Å². The molecule has 0 amide bonds. The van der Waals surface area contributed by atoms with Gasteiger partial charge in [-0.2, -0.15) is 0 Å². The number of hydrogen-bond acceptors (Lipinski definition) is 0. The van der Waals surface area contributed by atoms with Gasteiger partial charge in [0.05, 0.1) is 14.1 Å². The fourth-order valence-corrected chi connectivity index (χ4v) is 1.40. The Morgan fingerprint density at radius 1 is 0.818 bits per heavy atom. The zero-order valence-corrected chi connectivity index (χ0v) is 11.4. The summed E-state index contributed by atoms with van der Waals surface area (Å²) in [6.45, 7) is 1.01. The Morgan fingerprint density at radius 2 is 1.23 bits per heavy atom. The second-order valence-corrected chi connectivity index (χ2v) is 4.37. The molecule has 1 nitrogen and oxygen atoms in total. The molecule has 0 aliphatic rings. The third-order valence-electron chi connectivity index (χ3n) is 2.61. The van der Waals surface area contributed by atoms with Crippen LogP contribution in [0.2, 0.25) is 0 Å². The van der Waals surface area contributed by atoms with Crippen LogP contribution in [0, 0.1) is 30.2 Å². The van der Waals surface area contributed by atoms with Crippen LogP contribution < -0.4 is 10.4 Å². The van der Waals surface area contributed by atoms with Crippen molar-refractivity contribution in [2.75, 3.05) is 14.1 Å². The monoisotopic (exact) mass is 315 g/mol. The van der Waals surface area contributed by atoms with Crippen molar-refractivity contribution in [1.29, 1.82) is 0 Å². The molecule has 0 aromatic heterocycles. The van der Waals surface area contributed by atoms with Crippen molar-refractivity contribution in [3.8, 4) is 0 Å². The maximum Gasteiger partial charge on any atom is 0.161 e. The minimum absolute atomic E-state index is 0. The van der Waals surface area contributed by atoms with E-state index < -0.39 is 36.7 Å². The molecular formula is C16H22BF4N. The third-order valence-corrected chi connectivity index (χ3v) is 2.61. The van der Waals surface area contributed by atoms with Crippen LogP contribution >= 0.6 is 0 Å². The molecule has 1 N–H and O–H groups in total. The maximum absolute atomic E-state index is 12.7. The molecule has 0 saturated heterocycles. The van der Waals surface area contributed by atoms with Gasteiger partial charge in [-0.3, -0.25) is 0 Å². The molecule has 0 heterocycles. The molecule has 0 aliphatic carbocycles. The van der Waals surface area contributed by atoms with Crippen molar-refractivity contribution in [3.05, 3.63) is 59.2 Å². The number of nitrogens with one attached hydrogen (secondary N) is 1. The average Bonchev–Trinajstić information content (AvgIpc) is 2.50. The highest BCUT2D eigenvalue weighted by Crippen LogP contribution is 2.15. The highest BCUT2D eigenvalue weighted by molar-refractivity contribution is 6.32. The van der Waals surface area contributed by atoms with E-state index in [2.05, 4.69) is 38.4 Å². The first-order chi connectivity index (χ1) is 9.77. The zero-order valence-electron chi connectivity index (χ0n) is 11.4. The van der Waals surface area contributed by atoms with Crippen molar-refractivity contribution < 1.29 is 22.5 Å². The van der Waals surface area contributed by atoms with E-state index >= 15 is 0 Å². The van der Waals surface area contributed by atoms with Crippen molar-refractivity contribution in [3.63, 3.8) is 0 Å². The molecule has 0 aliphatic heterocycles. The Balaban J connectivity index is 0.000000397. The number of hydrogen-bond donors (Lipinski definition) is 1. The summed E-state index contributed by atoms with van der Waals surface area (Å²) in [4.78, 5) is 1.37. The molecule has 0 radical (unpaired) electrons. The molecule has 2 rings (SSSR count). The first-order valence-corrected chi connectivity index (χ1v) is 5.92. The van der Waals surface area contributed by atoms with E-state index in [4.69, 9.17) is 0 Å². The lowest BCUT2D eigenvalue weighted by Gasteiger charge is -2.08. The van der Waals surface area contributed by atoms with Gasteiger partial charge in [-0.05, 0) is 26.9 Å². The normalized spacial score (nSPS) is 9.86. The fraction of sp³-hybridized carbons (Fsp3) is 0.250. The van der Waals surface area contributed by atoms with Crippen LogP contribution in [-0.4, -0.2) is 21.9 Å². The van der Waals surface area contributed by atoms with Crippen LogP contribution in [0.5, 0.6) is 0 Å². The highest BCUT2D eigenvalue weighted by Gasteiger charge is 2.16. The number of benzene rings is 2. The Morgan fingerprint density at radius 3 is 1.55 bits per heavy atom. The Bertz CT molecular complexity index is 510. The molecule has 0 spiro atoms. The summed E-state index contributed by atoms with van der Waals surface area (Å²) in [5.74, 6) is -4.96. The lowest BCUT2D eigenvalue weighted by atomic mass is 9.93. The van der Waals surface area contributed by atoms with Crippen molar-refractivity contribution in [2.24, 2.45) is 0 Å². The summed E-state index contributed by atoms with van der Waals surface area (Å²) in [6, 6.07) is 10.4. The van der Waals surface area contributed by atoms with Crippen molar-refractivity contribution >= 4 is 19.0 Å². The third kappa shape index (κ3) is 4.60. The van der Waals surface area contributed by atoms with Crippen LogP contribution in [0.3, 0.4) is 0 Å². The number of halogens is 4. The summed E-state index contributed by atoms with van der Waals surface area (Å²) >= 11 is 0. The van der Waals surface area contributed by atoms with Gasteiger partial charge in [-0.1, -0.05) is 25.6 Å². The predicted molar refractivity (Wildman–Crippen MR) is 86.2 cm³/mol. The van der Waals surface area contributed by atoms with Gasteiger partial charge in [0.2, 0.25) is 0 Å². The van der Waals surface area contributed by atoms with Gasteiger partial charge in [0.25, 0.3) is 0 Å². The molecule has 22 heavy (non-hydrogen) atoms. The molecule has 6 heteroatoms. The summed E-state index contributed by atoms with van der Waals surface area (Å²) in [5, 5.41) is 0. The molecule has 2 aromatic carbocycles. The van der Waals surface area contributed by atoms with Gasteiger partial charge in [-0.25, -0.2) is 17.6 Å². The first kappa shape index (κ1) is 20.2. The minimum Gasteiger partial charge on any atom is -0.307 e. The molecule has 2 aromatic rings. The fourth-order valence-electron chi connectivity index (χ4n) is 1.40. The first-order valence-electron chi connectivity index (χ1n) is 5.92. The van der Waals surface area contributed by atoms with E-state index in [1.54, 1.807) is 0 Å².